The fraction of sp³-hybridized carbons (Fsp3) is 0.300. The quantitative estimate of drug-likeness (QED) is 0.616. The van der Waals surface area contributed by atoms with Gasteiger partial charge in [0.05, 0.1) is 11.8 Å². The molecule has 0 saturated heterocycles. The molecular formula is C20H21N3O2S. The van der Waals surface area contributed by atoms with Crippen molar-refractivity contribution in [1.82, 2.24) is 14.8 Å². The van der Waals surface area contributed by atoms with Crippen LogP contribution in [0.5, 0.6) is 5.75 Å². The summed E-state index contributed by atoms with van der Waals surface area (Å²) >= 11 is 1.47. The molecule has 0 aliphatic heterocycles. The zero-order chi connectivity index (χ0) is 17.8. The number of benzene rings is 2. The summed E-state index contributed by atoms with van der Waals surface area (Å²) in [5, 5.41) is 15.5. The molecule has 1 N–H and O–H groups in total. The highest BCUT2D eigenvalue weighted by atomic mass is 32.2. The first-order valence-electron chi connectivity index (χ1n) is 8.80. The van der Waals surface area contributed by atoms with Crippen LogP contribution in [0.4, 0.5) is 0 Å². The SMILES string of the molecule is O[C@@H](COc1ccccc1)CSc1nc(C2CC2)n(-c2ccccc2)n1. The normalized spacial score (nSPS) is 15.0. The molecule has 1 fully saturated rings. The van der Waals surface area contributed by atoms with Crippen molar-refractivity contribution in [2.75, 3.05) is 12.4 Å². The lowest BCUT2D eigenvalue weighted by atomic mass is 10.3. The lowest BCUT2D eigenvalue weighted by molar-refractivity contribution is 0.126. The fourth-order valence-electron chi connectivity index (χ4n) is 2.66. The molecule has 0 spiro atoms. The Morgan fingerprint density at radius 3 is 2.46 bits per heavy atom. The second kappa shape index (κ2) is 7.93. The molecule has 0 amide bonds. The second-order valence-corrected chi connectivity index (χ2v) is 7.35. The molecule has 6 heteroatoms. The maximum Gasteiger partial charge on any atom is 0.209 e. The van der Waals surface area contributed by atoms with Gasteiger partial charge in [0.15, 0.2) is 0 Å². The molecule has 0 unspecified atom stereocenters. The van der Waals surface area contributed by atoms with Crippen molar-refractivity contribution in [3.05, 3.63) is 66.5 Å². The van der Waals surface area contributed by atoms with Gasteiger partial charge in [0.25, 0.3) is 0 Å². The van der Waals surface area contributed by atoms with Gasteiger partial charge in [0.2, 0.25) is 5.16 Å². The number of nitrogens with zero attached hydrogens (tertiary/aromatic N) is 3. The zero-order valence-corrected chi connectivity index (χ0v) is 15.2. The predicted molar refractivity (Wildman–Crippen MR) is 102 cm³/mol. The molecular weight excluding hydrogens is 346 g/mol. The van der Waals surface area contributed by atoms with Crippen LogP contribution in [0, 0.1) is 0 Å². The Morgan fingerprint density at radius 2 is 1.77 bits per heavy atom. The van der Waals surface area contributed by atoms with Crippen LogP contribution >= 0.6 is 11.8 Å². The van der Waals surface area contributed by atoms with Crippen LogP contribution in [-0.4, -0.2) is 38.3 Å². The Morgan fingerprint density at radius 1 is 1.08 bits per heavy atom. The summed E-state index contributed by atoms with van der Waals surface area (Å²) in [5.41, 5.74) is 1.03. The van der Waals surface area contributed by atoms with Gasteiger partial charge in [-0.25, -0.2) is 9.67 Å². The standard InChI is InChI=1S/C20H21N3O2S/c24-17(13-25-18-9-5-2-6-10-18)14-26-20-21-19(15-11-12-15)23(22-20)16-7-3-1-4-8-16/h1-10,15,17,24H,11-14H2/t17-/m0/s1. The molecule has 1 aliphatic carbocycles. The first-order chi connectivity index (χ1) is 12.8. The van der Waals surface area contributed by atoms with E-state index in [2.05, 4.69) is 5.10 Å². The van der Waals surface area contributed by atoms with E-state index in [0.29, 0.717) is 16.8 Å². The van der Waals surface area contributed by atoms with Crippen molar-refractivity contribution in [2.24, 2.45) is 0 Å². The van der Waals surface area contributed by atoms with E-state index in [0.717, 1.165) is 17.3 Å². The van der Waals surface area contributed by atoms with Gasteiger partial charge >= 0.3 is 0 Å². The minimum atomic E-state index is -0.576. The van der Waals surface area contributed by atoms with E-state index >= 15 is 0 Å². The largest absolute Gasteiger partial charge is 0.491 e. The summed E-state index contributed by atoms with van der Waals surface area (Å²) < 4.78 is 7.53. The molecule has 1 atom stereocenters. The third-order valence-corrected chi connectivity index (χ3v) is 5.13. The first-order valence-corrected chi connectivity index (χ1v) is 9.79. The minimum absolute atomic E-state index is 0.256. The van der Waals surface area contributed by atoms with Crippen molar-refractivity contribution in [1.29, 1.82) is 0 Å². The number of aliphatic hydroxyl groups excluding tert-OH is 1. The molecule has 134 valence electrons. The van der Waals surface area contributed by atoms with Crippen LogP contribution < -0.4 is 4.74 Å². The van der Waals surface area contributed by atoms with Crippen LogP contribution in [-0.2, 0) is 0 Å². The van der Waals surface area contributed by atoms with E-state index in [1.54, 1.807) is 0 Å². The Labute approximate surface area is 157 Å². The molecule has 1 saturated carbocycles. The highest BCUT2D eigenvalue weighted by molar-refractivity contribution is 7.99. The van der Waals surface area contributed by atoms with Crippen molar-refractivity contribution >= 4 is 11.8 Å². The lowest BCUT2D eigenvalue weighted by Gasteiger charge is -2.10. The van der Waals surface area contributed by atoms with Crippen molar-refractivity contribution in [3.63, 3.8) is 0 Å². The van der Waals surface area contributed by atoms with Crippen LogP contribution in [0.3, 0.4) is 0 Å². The van der Waals surface area contributed by atoms with Crippen LogP contribution in [0.1, 0.15) is 24.6 Å². The van der Waals surface area contributed by atoms with Gasteiger partial charge in [-0.3, -0.25) is 0 Å². The monoisotopic (exact) mass is 367 g/mol. The number of aliphatic hydroxyl groups is 1. The summed E-state index contributed by atoms with van der Waals surface area (Å²) in [5.74, 6) is 2.78. The Bertz CT molecular complexity index is 835. The molecule has 0 bridgehead atoms. The minimum Gasteiger partial charge on any atom is -0.491 e. The molecule has 4 rings (SSSR count). The van der Waals surface area contributed by atoms with Gasteiger partial charge < -0.3 is 9.84 Å². The summed E-state index contributed by atoms with van der Waals surface area (Å²) in [6, 6.07) is 19.6. The van der Waals surface area contributed by atoms with Crippen molar-refractivity contribution < 1.29 is 9.84 Å². The molecule has 1 heterocycles. The number of hydrogen-bond donors (Lipinski definition) is 1. The number of para-hydroxylation sites is 2. The molecule has 1 aliphatic rings. The summed E-state index contributed by atoms with van der Waals surface area (Å²) in [6.45, 7) is 0.256. The summed E-state index contributed by atoms with van der Waals surface area (Å²) in [7, 11) is 0. The Balaban J connectivity index is 1.37. The van der Waals surface area contributed by atoms with E-state index in [4.69, 9.17) is 9.72 Å². The van der Waals surface area contributed by atoms with E-state index in [-0.39, 0.29) is 6.61 Å². The van der Waals surface area contributed by atoms with Gasteiger partial charge in [-0.2, -0.15) is 0 Å². The molecule has 2 aromatic carbocycles. The predicted octanol–water partition coefficient (Wildman–Crippen LogP) is 3.68. The highest BCUT2D eigenvalue weighted by Crippen LogP contribution is 2.40. The summed E-state index contributed by atoms with van der Waals surface area (Å²) in [4.78, 5) is 4.70. The lowest BCUT2D eigenvalue weighted by Crippen LogP contribution is -2.20. The molecule has 1 aromatic heterocycles. The Kier molecular flexibility index (Phi) is 5.22. The average molecular weight is 367 g/mol. The Hall–Kier alpha value is -2.31. The second-order valence-electron chi connectivity index (χ2n) is 6.36. The average Bonchev–Trinajstić information content (AvgIpc) is 3.45. The third kappa shape index (κ3) is 4.26. The van der Waals surface area contributed by atoms with E-state index in [1.165, 1.54) is 24.6 Å². The van der Waals surface area contributed by atoms with Crippen LogP contribution in [0.15, 0.2) is 65.8 Å². The smallest absolute Gasteiger partial charge is 0.209 e. The number of rotatable bonds is 8. The molecule has 5 nitrogen and oxygen atoms in total. The molecule has 0 radical (unpaired) electrons. The fourth-order valence-corrected chi connectivity index (χ4v) is 3.39. The number of aromatic nitrogens is 3. The van der Waals surface area contributed by atoms with E-state index < -0.39 is 6.10 Å². The molecule has 3 aromatic rings. The highest BCUT2D eigenvalue weighted by Gasteiger charge is 2.30. The van der Waals surface area contributed by atoms with Crippen molar-refractivity contribution in [3.8, 4) is 11.4 Å². The number of ether oxygens (including phenoxy) is 1. The molecule has 26 heavy (non-hydrogen) atoms. The van der Waals surface area contributed by atoms with Gasteiger partial charge in [-0.15, -0.1) is 5.10 Å². The third-order valence-electron chi connectivity index (χ3n) is 4.15. The van der Waals surface area contributed by atoms with Crippen molar-refractivity contribution in [2.45, 2.75) is 30.0 Å². The topological polar surface area (TPSA) is 60.2 Å². The number of thioether (sulfide) groups is 1. The zero-order valence-electron chi connectivity index (χ0n) is 14.4. The summed E-state index contributed by atoms with van der Waals surface area (Å²) in [6.07, 6.45) is 1.76. The van der Waals surface area contributed by atoms with Gasteiger partial charge in [0.1, 0.15) is 18.2 Å². The van der Waals surface area contributed by atoms with Gasteiger partial charge in [-0.1, -0.05) is 48.2 Å². The van der Waals surface area contributed by atoms with Gasteiger partial charge in [-0.05, 0) is 37.1 Å². The van der Waals surface area contributed by atoms with Crippen LogP contribution in [0.2, 0.25) is 0 Å². The van der Waals surface area contributed by atoms with Crippen LogP contribution in [0.25, 0.3) is 5.69 Å². The van der Waals surface area contributed by atoms with E-state index in [1.807, 2.05) is 65.3 Å². The maximum atomic E-state index is 10.2. The van der Waals surface area contributed by atoms with Gasteiger partial charge in [0, 0.05) is 11.7 Å². The maximum absolute atomic E-state index is 10.2. The first kappa shape index (κ1) is 17.1. The number of hydrogen-bond acceptors (Lipinski definition) is 5. The van der Waals surface area contributed by atoms with E-state index in [9.17, 15) is 5.11 Å².